The monoisotopic (exact) mass is 229 g/mol. The second-order valence-electron chi connectivity index (χ2n) is 3.98. The zero-order valence-corrected chi connectivity index (χ0v) is 9.26. The van der Waals surface area contributed by atoms with Crippen molar-refractivity contribution < 1.29 is 23.0 Å². The number of ether oxygens (including phenoxy) is 1. The Bertz CT molecular complexity index is 177. The van der Waals surface area contributed by atoms with Crippen molar-refractivity contribution in [3.05, 3.63) is 0 Å². The molecule has 0 fully saturated rings. The highest BCUT2D eigenvalue weighted by Crippen LogP contribution is 2.15. The predicted octanol–water partition coefficient (Wildman–Crippen LogP) is 1.62. The lowest BCUT2D eigenvalue weighted by molar-refractivity contribution is -0.325. The molecule has 0 aromatic carbocycles. The van der Waals surface area contributed by atoms with Gasteiger partial charge in [-0.3, -0.25) is 9.64 Å². The van der Waals surface area contributed by atoms with Crippen molar-refractivity contribution in [1.82, 2.24) is 4.90 Å². The van der Waals surface area contributed by atoms with Gasteiger partial charge in [0.25, 0.3) is 0 Å². The quantitative estimate of drug-likeness (QED) is 0.751. The van der Waals surface area contributed by atoms with E-state index >= 15 is 0 Å². The zero-order valence-electron chi connectivity index (χ0n) is 9.26. The lowest BCUT2D eigenvalue weighted by Gasteiger charge is -2.27. The summed E-state index contributed by atoms with van der Waals surface area (Å²) in [5.74, 6) is 0. The first kappa shape index (κ1) is 14.7. The molecule has 6 heteroatoms. The van der Waals surface area contributed by atoms with E-state index in [0.717, 1.165) is 0 Å². The molecule has 0 amide bonds. The maximum Gasteiger partial charge on any atom is 0.522 e. The summed E-state index contributed by atoms with van der Waals surface area (Å²) < 4.78 is 38.6. The average Bonchev–Trinajstić information content (AvgIpc) is 1.97. The lowest BCUT2D eigenvalue weighted by atomic mass is 10.1. The summed E-state index contributed by atoms with van der Waals surface area (Å²) in [5.41, 5.74) is -0.908. The van der Waals surface area contributed by atoms with Crippen LogP contribution in [0, 0.1) is 0 Å². The lowest BCUT2D eigenvalue weighted by Crippen LogP contribution is -2.40. The van der Waals surface area contributed by atoms with Gasteiger partial charge in [-0.15, -0.1) is 13.2 Å². The Morgan fingerprint density at radius 1 is 1.27 bits per heavy atom. The molecule has 0 aromatic heterocycles. The summed E-state index contributed by atoms with van der Waals surface area (Å²) in [5, 5.41) is 9.47. The summed E-state index contributed by atoms with van der Waals surface area (Å²) in [4.78, 5) is 1.70. The van der Waals surface area contributed by atoms with Gasteiger partial charge in [0.05, 0.1) is 12.2 Å². The second kappa shape index (κ2) is 5.67. The van der Waals surface area contributed by atoms with E-state index in [0.29, 0.717) is 13.1 Å². The Morgan fingerprint density at radius 3 is 2.13 bits per heavy atom. The van der Waals surface area contributed by atoms with Crippen LogP contribution >= 0.6 is 0 Å². The fourth-order valence-electron chi connectivity index (χ4n) is 1.19. The molecule has 0 saturated carbocycles. The molecule has 0 aliphatic carbocycles. The third-order valence-corrected chi connectivity index (χ3v) is 1.73. The Morgan fingerprint density at radius 2 is 1.80 bits per heavy atom. The molecule has 0 aliphatic heterocycles. The minimum absolute atomic E-state index is 0.153. The molecule has 0 unspecified atom stereocenters. The molecule has 92 valence electrons. The zero-order chi connectivity index (χ0) is 12.1. The first-order valence-corrected chi connectivity index (χ1v) is 4.79. The van der Waals surface area contributed by atoms with Crippen LogP contribution in [0.15, 0.2) is 0 Å². The Hall–Kier alpha value is -0.330. The molecule has 0 bridgehead atoms. The van der Waals surface area contributed by atoms with Gasteiger partial charge in [-0.25, -0.2) is 0 Å². The SMILES string of the molecule is CCN(CCOC(F)(F)F)CC(C)(C)O. The minimum atomic E-state index is -4.58. The average molecular weight is 229 g/mol. The maximum absolute atomic E-state index is 11.7. The van der Waals surface area contributed by atoms with E-state index in [4.69, 9.17) is 0 Å². The van der Waals surface area contributed by atoms with Crippen LogP contribution < -0.4 is 0 Å². The van der Waals surface area contributed by atoms with Gasteiger partial charge in [0.15, 0.2) is 0 Å². The van der Waals surface area contributed by atoms with Gasteiger partial charge in [-0.05, 0) is 20.4 Å². The highest BCUT2D eigenvalue weighted by molar-refractivity contribution is 4.71. The molecular weight excluding hydrogens is 211 g/mol. The summed E-state index contributed by atoms with van der Waals surface area (Å²) in [6.07, 6.45) is -4.58. The molecule has 3 nitrogen and oxygen atoms in total. The van der Waals surface area contributed by atoms with Gasteiger partial charge in [0.1, 0.15) is 0 Å². The van der Waals surface area contributed by atoms with Crippen LogP contribution in [0.4, 0.5) is 13.2 Å². The van der Waals surface area contributed by atoms with E-state index in [1.807, 2.05) is 6.92 Å². The van der Waals surface area contributed by atoms with Crippen molar-refractivity contribution in [2.75, 3.05) is 26.2 Å². The normalized spacial score (nSPS) is 13.6. The van der Waals surface area contributed by atoms with Crippen LogP contribution in [0.5, 0.6) is 0 Å². The molecule has 0 heterocycles. The molecule has 0 rings (SSSR count). The van der Waals surface area contributed by atoms with Crippen molar-refractivity contribution in [1.29, 1.82) is 0 Å². The largest absolute Gasteiger partial charge is 0.522 e. The predicted molar refractivity (Wildman–Crippen MR) is 50.4 cm³/mol. The molecular formula is C9H18F3NO2. The van der Waals surface area contributed by atoms with Gasteiger partial charge in [0, 0.05) is 13.1 Å². The van der Waals surface area contributed by atoms with E-state index in [-0.39, 0.29) is 6.54 Å². The summed E-state index contributed by atoms with van der Waals surface area (Å²) >= 11 is 0. The van der Waals surface area contributed by atoms with Gasteiger partial charge in [-0.2, -0.15) is 0 Å². The van der Waals surface area contributed by atoms with Crippen LogP contribution in [0.25, 0.3) is 0 Å². The van der Waals surface area contributed by atoms with E-state index < -0.39 is 18.6 Å². The number of hydrogen-bond donors (Lipinski definition) is 1. The maximum atomic E-state index is 11.7. The third-order valence-electron chi connectivity index (χ3n) is 1.73. The third kappa shape index (κ3) is 9.96. The fraction of sp³-hybridized carbons (Fsp3) is 1.00. The standard InChI is InChI=1S/C9H18F3NO2/c1-4-13(7-8(2,3)14)5-6-15-9(10,11)12/h14H,4-7H2,1-3H3. The van der Waals surface area contributed by atoms with Crippen molar-refractivity contribution in [2.45, 2.75) is 32.7 Å². The number of aliphatic hydroxyl groups is 1. The van der Waals surface area contributed by atoms with E-state index in [9.17, 15) is 18.3 Å². The summed E-state index contributed by atoms with van der Waals surface area (Å²) in [7, 11) is 0. The second-order valence-corrected chi connectivity index (χ2v) is 3.98. The summed E-state index contributed by atoms with van der Waals surface area (Å²) in [6, 6.07) is 0. The molecule has 0 aromatic rings. The van der Waals surface area contributed by atoms with Crippen LogP contribution in [-0.2, 0) is 4.74 Å². The number of nitrogens with zero attached hydrogens (tertiary/aromatic N) is 1. The molecule has 0 spiro atoms. The highest BCUT2D eigenvalue weighted by atomic mass is 19.4. The minimum Gasteiger partial charge on any atom is -0.389 e. The highest BCUT2D eigenvalue weighted by Gasteiger charge is 2.29. The van der Waals surface area contributed by atoms with Crippen LogP contribution in [0.3, 0.4) is 0 Å². The number of hydrogen-bond acceptors (Lipinski definition) is 3. The van der Waals surface area contributed by atoms with Crippen LogP contribution in [0.2, 0.25) is 0 Å². The smallest absolute Gasteiger partial charge is 0.389 e. The molecule has 0 radical (unpaired) electrons. The van der Waals surface area contributed by atoms with Crippen molar-refractivity contribution >= 4 is 0 Å². The fourth-order valence-corrected chi connectivity index (χ4v) is 1.19. The van der Waals surface area contributed by atoms with Gasteiger partial charge >= 0.3 is 6.36 Å². The Kier molecular flexibility index (Phi) is 5.55. The van der Waals surface area contributed by atoms with E-state index in [1.165, 1.54) is 0 Å². The number of halogens is 3. The van der Waals surface area contributed by atoms with E-state index in [2.05, 4.69) is 4.74 Å². The molecule has 15 heavy (non-hydrogen) atoms. The van der Waals surface area contributed by atoms with Gasteiger partial charge < -0.3 is 5.11 Å². The van der Waals surface area contributed by atoms with Crippen molar-refractivity contribution in [3.8, 4) is 0 Å². The first-order valence-electron chi connectivity index (χ1n) is 4.79. The van der Waals surface area contributed by atoms with Gasteiger partial charge in [-0.1, -0.05) is 6.92 Å². The van der Waals surface area contributed by atoms with E-state index in [1.54, 1.807) is 18.7 Å². The summed E-state index contributed by atoms with van der Waals surface area (Å²) in [6.45, 7) is 5.68. The van der Waals surface area contributed by atoms with Crippen LogP contribution in [0.1, 0.15) is 20.8 Å². The molecule has 0 saturated heterocycles. The first-order chi connectivity index (χ1) is 6.64. The molecule has 1 N–H and O–H groups in total. The van der Waals surface area contributed by atoms with Crippen LogP contribution in [-0.4, -0.2) is 48.2 Å². The van der Waals surface area contributed by atoms with Gasteiger partial charge in [0.2, 0.25) is 0 Å². The Balaban J connectivity index is 3.82. The van der Waals surface area contributed by atoms with Crippen molar-refractivity contribution in [2.24, 2.45) is 0 Å². The van der Waals surface area contributed by atoms with Crippen molar-refractivity contribution in [3.63, 3.8) is 0 Å². The topological polar surface area (TPSA) is 32.7 Å². The number of rotatable bonds is 6. The molecule has 0 atom stereocenters. The number of alkyl halides is 3. The Labute approximate surface area is 87.8 Å². The number of likely N-dealkylation sites (N-methyl/N-ethyl adjacent to an activating group) is 1. The molecule has 0 aliphatic rings.